The highest BCUT2D eigenvalue weighted by atomic mass is 79.9. The number of rotatable bonds is 3. The van der Waals surface area contributed by atoms with Crippen molar-refractivity contribution in [3.63, 3.8) is 0 Å². The summed E-state index contributed by atoms with van der Waals surface area (Å²) in [6.45, 7) is 2.65. The fraction of sp³-hybridized carbons (Fsp3) is 0.562. The first-order valence-electron chi connectivity index (χ1n) is 7.28. The number of benzene rings is 1. The normalized spacial score (nSPS) is 22.6. The number of aryl methyl sites for hydroxylation is 1. The topological polar surface area (TPSA) is 46.3 Å². The van der Waals surface area contributed by atoms with Crippen molar-refractivity contribution in [2.75, 3.05) is 13.6 Å². The van der Waals surface area contributed by atoms with Crippen molar-refractivity contribution in [3.05, 3.63) is 33.8 Å². The van der Waals surface area contributed by atoms with Gasteiger partial charge in [-0.15, -0.1) is 0 Å². The molecule has 2 unspecified atom stereocenters. The van der Waals surface area contributed by atoms with E-state index in [4.69, 9.17) is 5.73 Å². The molecule has 0 heterocycles. The molecule has 0 radical (unpaired) electrons. The molecule has 2 N–H and O–H groups in total. The third-order valence-electron chi connectivity index (χ3n) is 4.42. The second kappa shape index (κ2) is 6.72. The molecular formula is C16H23BrN2O. The summed E-state index contributed by atoms with van der Waals surface area (Å²) in [5.41, 5.74) is 7.68. The summed E-state index contributed by atoms with van der Waals surface area (Å²) in [4.78, 5) is 14.7. The van der Waals surface area contributed by atoms with E-state index < -0.39 is 0 Å². The largest absolute Gasteiger partial charge is 0.338 e. The Hall–Kier alpha value is -0.870. The Morgan fingerprint density at radius 1 is 1.40 bits per heavy atom. The van der Waals surface area contributed by atoms with E-state index in [9.17, 15) is 4.79 Å². The lowest BCUT2D eigenvalue weighted by Gasteiger charge is -2.37. The number of carbonyl (C=O) groups excluding carboxylic acids is 1. The van der Waals surface area contributed by atoms with E-state index in [0.717, 1.165) is 28.4 Å². The second-order valence-electron chi connectivity index (χ2n) is 5.72. The summed E-state index contributed by atoms with van der Waals surface area (Å²) < 4.78 is 0.943. The third-order valence-corrected chi connectivity index (χ3v) is 4.91. The van der Waals surface area contributed by atoms with Crippen LogP contribution in [0.1, 0.15) is 41.6 Å². The molecule has 0 spiro atoms. The molecule has 0 saturated heterocycles. The molecule has 1 aromatic carbocycles. The van der Waals surface area contributed by atoms with Crippen LogP contribution in [0, 0.1) is 12.8 Å². The number of carbonyl (C=O) groups is 1. The smallest absolute Gasteiger partial charge is 0.254 e. The number of halogens is 1. The molecular weight excluding hydrogens is 316 g/mol. The molecule has 4 heteroatoms. The van der Waals surface area contributed by atoms with Crippen molar-refractivity contribution < 1.29 is 4.79 Å². The molecule has 1 aliphatic carbocycles. The van der Waals surface area contributed by atoms with Crippen LogP contribution in [-0.4, -0.2) is 30.4 Å². The zero-order valence-corrected chi connectivity index (χ0v) is 13.8. The predicted molar refractivity (Wildman–Crippen MR) is 85.8 cm³/mol. The van der Waals surface area contributed by atoms with Crippen LogP contribution in [-0.2, 0) is 0 Å². The van der Waals surface area contributed by atoms with Crippen molar-refractivity contribution in [2.24, 2.45) is 11.7 Å². The van der Waals surface area contributed by atoms with Gasteiger partial charge in [0.25, 0.3) is 5.91 Å². The standard InChI is InChI=1S/C16H23BrN2O/c1-11-7-8-13(17)9-14(11)16(20)19(2)15-6-4-3-5-12(15)10-18/h7-9,12,15H,3-6,10,18H2,1-2H3. The zero-order chi connectivity index (χ0) is 14.7. The Kier molecular flexibility index (Phi) is 5.22. The number of amides is 1. The van der Waals surface area contributed by atoms with E-state index in [0.29, 0.717) is 12.5 Å². The minimum atomic E-state index is 0.106. The van der Waals surface area contributed by atoms with Crippen LogP contribution in [0.25, 0.3) is 0 Å². The quantitative estimate of drug-likeness (QED) is 0.918. The Labute approximate surface area is 129 Å². The molecule has 0 aromatic heterocycles. The highest BCUT2D eigenvalue weighted by molar-refractivity contribution is 9.10. The molecule has 1 saturated carbocycles. The van der Waals surface area contributed by atoms with E-state index in [1.807, 2.05) is 37.1 Å². The first-order valence-corrected chi connectivity index (χ1v) is 8.07. The SMILES string of the molecule is Cc1ccc(Br)cc1C(=O)N(C)C1CCCCC1CN. The van der Waals surface area contributed by atoms with E-state index in [-0.39, 0.29) is 11.9 Å². The van der Waals surface area contributed by atoms with Gasteiger partial charge < -0.3 is 10.6 Å². The lowest BCUT2D eigenvalue weighted by Crippen LogP contribution is -2.46. The Bertz CT molecular complexity index is 489. The van der Waals surface area contributed by atoms with Crippen molar-refractivity contribution >= 4 is 21.8 Å². The maximum atomic E-state index is 12.7. The zero-order valence-electron chi connectivity index (χ0n) is 12.2. The highest BCUT2D eigenvalue weighted by Crippen LogP contribution is 2.28. The lowest BCUT2D eigenvalue weighted by atomic mass is 9.83. The van der Waals surface area contributed by atoms with Gasteiger partial charge in [0.05, 0.1) is 0 Å². The maximum absolute atomic E-state index is 12.7. The molecule has 0 bridgehead atoms. The van der Waals surface area contributed by atoms with Crippen molar-refractivity contribution in [1.29, 1.82) is 0 Å². The second-order valence-corrected chi connectivity index (χ2v) is 6.64. The third kappa shape index (κ3) is 3.23. The number of hydrogen-bond donors (Lipinski definition) is 1. The minimum absolute atomic E-state index is 0.106. The van der Waals surface area contributed by atoms with Crippen molar-refractivity contribution in [2.45, 2.75) is 38.6 Å². The molecule has 110 valence electrons. The number of nitrogens with two attached hydrogens (primary N) is 1. The van der Waals surface area contributed by atoms with E-state index >= 15 is 0 Å². The van der Waals surface area contributed by atoms with Gasteiger partial charge in [-0.25, -0.2) is 0 Å². The van der Waals surface area contributed by atoms with E-state index in [1.165, 1.54) is 12.8 Å². The average molecular weight is 339 g/mol. The number of nitrogens with zero attached hydrogens (tertiary/aromatic N) is 1. The fourth-order valence-electron chi connectivity index (χ4n) is 3.14. The molecule has 1 aliphatic rings. The predicted octanol–water partition coefficient (Wildman–Crippen LogP) is 3.35. The van der Waals surface area contributed by atoms with Crippen LogP contribution >= 0.6 is 15.9 Å². The van der Waals surface area contributed by atoms with Crippen LogP contribution in [0.3, 0.4) is 0 Å². The summed E-state index contributed by atoms with van der Waals surface area (Å²) >= 11 is 3.44. The molecule has 1 aromatic rings. The summed E-state index contributed by atoms with van der Waals surface area (Å²) in [6.07, 6.45) is 4.62. The molecule has 2 atom stereocenters. The van der Waals surface area contributed by atoms with Gasteiger partial charge in [0, 0.05) is 23.1 Å². The molecule has 1 amide bonds. The van der Waals surface area contributed by atoms with Crippen LogP contribution in [0.15, 0.2) is 22.7 Å². The van der Waals surface area contributed by atoms with Crippen molar-refractivity contribution in [1.82, 2.24) is 4.90 Å². The highest BCUT2D eigenvalue weighted by Gasteiger charge is 2.30. The Morgan fingerprint density at radius 2 is 2.10 bits per heavy atom. The van der Waals surface area contributed by atoms with Crippen LogP contribution < -0.4 is 5.73 Å². The summed E-state index contributed by atoms with van der Waals surface area (Å²) in [7, 11) is 1.92. The monoisotopic (exact) mass is 338 g/mol. The van der Waals surface area contributed by atoms with Crippen LogP contribution in [0.5, 0.6) is 0 Å². The summed E-state index contributed by atoms with van der Waals surface area (Å²) in [6, 6.07) is 6.13. The first kappa shape index (κ1) is 15.5. The van der Waals surface area contributed by atoms with Gasteiger partial charge >= 0.3 is 0 Å². The van der Waals surface area contributed by atoms with E-state index in [2.05, 4.69) is 15.9 Å². The summed E-state index contributed by atoms with van der Waals surface area (Å²) in [5.74, 6) is 0.541. The van der Waals surface area contributed by atoms with Gasteiger partial charge in [-0.3, -0.25) is 4.79 Å². The van der Waals surface area contributed by atoms with Gasteiger partial charge in [-0.05, 0) is 49.9 Å². The fourth-order valence-corrected chi connectivity index (χ4v) is 3.50. The van der Waals surface area contributed by atoms with E-state index in [1.54, 1.807) is 0 Å². The summed E-state index contributed by atoms with van der Waals surface area (Å²) in [5, 5.41) is 0. The Balaban J connectivity index is 2.21. The van der Waals surface area contributed by atoms with Gasteiger partial charge in [0.1, 0.15) is 0 Å². The average Bonchev–Trinajstić information content (AvgIpc) is 2.48. The Morgan fingerprint density at radius 3 is 2.80 bits per heavy atom. The van der Waals surface area contributed by atoms with Gasteiger partial charge in [-0.2, -0.15) is 0 Å². The lowest BCUT2D eigenvalue weighted by molar-refractivity contribution is 0.0619. The van der Waals surface area contributed by atoms with Gasteiger partial charge in [0.2, 0.25) is 0 Å². The molecule has 1 fully saturated rings. The molecule has 20 heavy (non-hydrogen) atoms. The van der Waals surface area contributed by atoms with Gasteiger partial charge in [0.15, 0.2) is 0 Å². The van der Waals surface area contributed by atoms with Crippen LogP contribution in [0.2, 0.25) is 0 Å². The number of hydrogen-bond acceptors (Lipinski definition) is 2. The first-order chi connectivity index (χ1) is 9.54. The van der Waals surface area contributed by atoms with Gasteiger partial charge in [-0.1, -0.05) is 34.8 Å². The maximum Gasteiger partial charge on any atom is 0.254 e. The van der Waals surface area contributed by atoms with Crippen molar-refractivity contribution in [3.8, 4) is 0 Å². The molecule has 2 rings (SSSR count). The molecule has 3 nitrogen and oxygen atoms in total. The molecule has 0 aliphatic heterocycles. The van der Waals surface area contributed by atoms with Crippen LogP contribution in [0.4, 0.5) is 0 Å². The minimum Gasteiger partial charge on any atom is -0.338 e.